The Kier molecular flexibility index (Phi) is 6.27. The lowest BCUT2D eigenvalue weighted by Gasteiger charge is -2.38. The Bertz CT molecular complexity index is 471. The van der Waals surface area contributed by atoms with Crippen LogP contribution >= 0.6 is 12.4 Å². The van der Waals surface area contributed by atoms with Crippen molar-refractivity contribution in [3.05, 3.63) is 29.6 Å². The molecular weight excluding hydrogens is 309 g/mol. The van der Waals surface area contributed by atoms with Gasteiger partial charge in [-0.3, -0.25) is 4.90 Å². The number of nitrogens with zero attached hydrogens (tertiary/aromatic N) is 1. The van der Waals surface area contributed by atoms with E-state index in [-0.39, 0.29) is 18.0 Å². The van der Waals surface area contributed by atoms with E-state index in [0.717, 1.165) is 18.2 Å². The average Bonchev–Trinajstić information content (AvgIpc) is 2.44. The number of benzene rings is 1. The summed E-state index contributed by atoms with van der Waals surface area (Å²) in [5.74, 6) is -4.57. The fraction of sp³-hybridized carbons (Fsp3) is 0.538. The van der Waals surface area contributed by atoms with E-state index in [2.05, 4.69) is 5.32 Å². The van der Waals surface area contributed by atoms with Crippen LogP contribution in [0.4, 0.5) is 13.2 Å². The molecule has 0 spiro atoms. The molecule has 0 aromatic heterocycles. The first-order valence-electron chi connectivity index (χ1n) is 6.37. The number of aliphatic hydroxyl groups excluding tert-OH is 1. The SMILES string of the molecule is Cl.OCC(F)(F)[C@H](c1cc(F)ccc1O)N1CCNCC1. The van der Waals surface area contributed by atoms with E-state index >= 15 is 0 Å². The fourth-order valence-corrected chi connectivity index (χ4v) is 2.46. The summed E-state index contributed by atoms with van der Waals surface area (Å²) >= 11 is 0. The molecule has 120 valence electrons. The minimum Gasteiger partial charge on any atom is -0.508 e. The van der Waals surface area contributed by atoms with Crippen LogP contribution < -0.4 is 5.32 Å². The van der Waals surface area contributed by atoms with Crippen LogP contribution in [0.1, 0.15) is 11.6 Å². The summed E-state index contributed by atoms with van der Waals surface area (Å²) in [4.78, 5) is 1.45. The fourth-order valence-electron chi connectivity index (χ4n) is 2.46. The van der Waals surface area contributed by atoms with Crippen LogP contribution in [0.3, 0.4) is 0 Å². The molecule has 1 atom stereocenters. The van der Waals surface area contributed by atoms with Gasteiger partial charge in [0.2, 0.25) is 0 Å². The number of aliphatic hydroxyl groups is 1. The number of alkyl halides is 2. The molecule has 0 radical (unpaired) electrons. The molecule has 1 aliphatic heterocycles. The van der Waals surface area contributed by atoms with Crippen LogP contribution in [0.5, 0.6) is 5.75 Å². The van der Waals surface area contributed by atoms with Crippen molar-refractivity contribution in [1.29, 1.82) is 0 Å². The summed E-state index contributed by atoms with van der Waals surface area (Å²) in [5, 5.41) is 21.8. The Balaban J connectivity index is 0.00000220. The zero-order chi connectivity index (χ0) is 14.8. The molecule has 1 fully saturated rings. The van der Waals surface area contributed by atoms with Gasteiger partial charge in [0.1, 0.15) is 24.2 Å². The third-order valence-corrected chi connectivity index (χ3v) is 3.41. The quantitative estimate of drug-likeness (QED) is 0.785. The van der Waals surface area contributed by atoms with Crippen molar-refractivity contribution in [3.8, 4) is 5.75 Å². The van der Waals surface area contributed by atoms with Crippen LogP contribution in [-0.2, 0) is 0 Å². The van der Waals surface area contributed by atoms with Crippen molar-refractivity contribution >= 4 is 12.4 Å². The molecule has 0 aliphatic carbocycles. The van der Waals surface area contributed by atoms with Crippen LogP contribution in [0.25, 0.3) is 0 Å². The second-order valence-electron chi connectivity index (χ2n) is 4.81. The number of hydrogen-bond acceptors (Lipinski definition) is 4. The van der Waals surface area contributed by atoms with E-state index in [4.69, 9.17) is 5.11 Å². The van der Waals surface area contributed by atoms with Gasteiger partial charge in [-0.1, -0.05) is 0 Å². The summed E-state index contributed by atoms with van der Waals surface area (Å²) in [6.07, 6.45) is 0. The number of halogens is 4. The smallest absolute Gasteiger partial charge is 0.290 e. The van der Waals surface area contributed by atoms with E-state index in [1.54, 1.807) is 0 Å². The van der Waals surface area contributed by atoms with Gasteiger partial charge in [0.25, 0.3) is 5.92 Å². The van der Waals surface area contributed by atoms with E-state index in [1.165, 1.54) is 4.90 Å². The Morgan fingerprint density at radius 3 is 2.48 bits per heavy atom. The molecular formula is C13H18ClF3N2O2. The summed E-state index contributed by atoms with van der Waals surface area (Å²) in [6, 6.07) is 1.40. The highest BCUT2D eigenvalue weighted by Gasteiger charge is 2.45. The molecule has 0 amide bonds. The van der Waals surface area contributed by atoms with Crippen molar-refractivity contribution in [2.75, 3.05) is 32.8 Å². The summed E-state index contributed by atoms with van der Waals surface area (Å²) in [5.41, 5.74) is -0.203. The maximum absolute atomic E-state index is 14.1. The topological polar surface area (TPSA) is 55.7 Å². The van der Waals surface area contributed by atoms with Crippen molar-refractivity contribution in [2.45, 2.75) is 12.0 Å². The lowest BCUT2D eigenvalue weighted by Crippen LogP contribution is -2.51. The number of piperazine rings is 1. The molecule has 3 N–H and O–H groups in total. The summed E-state index contributed by atoms with van der Waals surface area (Å²) < 4.78 is 41.4. The van der Waals surface area contributed by atoms with E-state index in [9.17, 15) is 18.3 Å². The second kappa shape index (κ2) is 7.31. The van der Waals surface area contributed by atoms with Crippen LogP contribution in [0.15, 0.2) is 18.2 Å². The Morgan fingerprint density at radius 1 is 1.29 bits per heavy atom. The number of phenolic OH excluding ortho intramolecular Hbond substituents is 1. The Morgan fingerprint density at radius 2 is 1.90 bits per heavy atom. The van der Waals surface area contributed by atoms with Crippen molar-refractivity contribution in [2.24, 2.45) is 0 Å². The minimum absolute atomic E-state index is 0. The lowest BCUT2D eigenvalue weighted by atomic mass is 9.97. The molecule has 1 saturated heterocycles. The Hall–Kier alpha value is -1.02. The lowest BCUT2D eigenvalue weighted by molar-refractivity contribution is -0.119. The van der Waals surface area contributed by atoms with Crippen LogP contribution in [-0.4, -0.2) is 53.8 Å². The predicted octanol–water partition coefficient (Wildman–Crippen LogP) is 1.53. The number of nitrogens with one attached hydrogen (secondary N) is 1. The number of hydrogen-bond donors (Lipinski definition) is 3. The van der Waals surface area contributed by atoms with Crippen molar-refractivity contribution < 1.29 is 23.4 Å². The van der Waals surface area contributed by atoms with Gasteiger partial charge in [0.15, 0.2) is 0 Å². The molecule has 0 unspecified atom stereocenters. The van der Waals surface area contributed by atoms with Gasteiger partial charge in [-0.25, -0.2) is 13.2 Å². The monoisotopic (exact) mass is 326 g/mol. The number of phenols is 1. The summed E-state index contributed by atoms with van der Waals surface area (Å²) in [7, 11) is 0. The first kappa shape index (κ1) is 18.0. The highest BCUT2D eigenvalue weighted by Crippen LogP contribution is 2.40. The van der Waals surface area contributed by atoms with Gasteiger partial charge in [-0.2, -0.15) is 0 Å². The summed E-state index contributed by atoms with van der Waals surface area (Å²) in [6.45, 7) is 0.339. The molecule has 2 rings (SSSR count). The Labute approximate surface area is 127 Å². The molecule has 1 aromatic carbocycles. The molecule has 1 aromatic rings. The van der Waals surface area contributed by atoms with Crippen molar-refractivity contribution in [3.63, 3.8) is 0 Å². The second-order valence-corrected chi connectivity index (χ2v) is 4.81. The normalized spacial score (nSPS) is 18.1. The van der Waals surface area contributed by atoms with Gasteiger partial charge in [0.05, 0.1) is 0 Å². The van der Waals surface area contributed by atoms with Crippen molar-refractivity contribution in [1.82, 2.24) is 10.2 Å². The minimum atomic E-state index is -3.47. The molecule has 1 aliphatic rings. The van der Waals surface area contributed by atoms with Crippen LogP contribution in [0.2, 0.25) is 0 Å². The molecule has 4 nitrogen and oxygen atoms in total. The predicted molar refractivity (Wildman–Crippen MR) is 74.5 cm³/mol. The zero-order valence-corrected chi connectivity index (χ0v) is 12.0. The first-order chi connectivity index (χ1) is 9.45. The van der Waals surface area contributed by atoms with Gasteiger partial charge in [0, 0.05) is 31.7 Å². The number of rotatable bonds is 4. The van der Waals surface area contributed by atoms with Gasteiger partial charge >= 0.3 is 0 Å². The third-order valence-electron chi connectivity index (χ3n) is 3.41. The van der Waals surface area contributed by atoms with Gasteiger partial charge in [-0.05, 0) is 18.2 Å². The maximum atomic E-state index is 14.1. The average molecular weight is 327 g/mol. The first-order valence-corrected chi connectivity index (χ1v) is 6.37. The van der Waals surface area contributed by atoms with Gasteiger partial charge < -0.3 is 15.5 Å². The van der Waals surface area contributed by atoms with E-state index in [1.807, 2.05) is 0 Å². The van der Waals surface area contributed by atoms with E-state index < -0.39 is 30.1 Å². The van der Waals surface area contributed by atoms with Gasteiger partial charge in [-0.15, -0.1) is 12.4 Å². The molecule has 0 saturated carbocycles. The highest BCUT2D eigenvalue weighted by atomic mass is 35.5. The highest BCUT2D eigenvalue weighted by molar-refractivity contribution is 5.85. The van der Waals surface area contributed by atoms with Crippen LogP contribution in [0, 0.1) is 5.82 Å². The van der Waals surface area contributed by atoms with E-state index in [0.29, 0.717) is 26.2 Å². The standard InChI is InChI=1S/C13H17F3N2O2.ClH/c14-9-1-2-11(20)10(7-9)12(13(15,16)8-19)18-5-3-17-4-6-18;/h1-2,7,12,17,19-20H,3-6,8H2;1H/t12-;/m0./s1. The molecule has 1 heterocycles. The maximum Gasteiger partial charge on any atom is 0.290 e. The third kappa shape index (κ3) is 4.00. The molecule has 0 bridgehead atoms. The molecule has 8 heteroatoms. The zero-order valence-electron chi connectivity index (χ0n) is 11.2. The largest absolute Gasteiger partial charge is 0.508 e. The molecule has 21 heavy (non-hydrogen) atoms. The number of aromatic hydroxyl groups is 1.